The van der Waals surface area contributed by atoms with E-state index in [0.29, 0.717) is 11.4 Å². The fourth-order valence-corrected chi connectivity index (χ4v) is 4.34. The topological polar surface area (TPSA) is 55.4 Å². The quantitative estimate of drug-likeness (QED) is 0.766. The van der Waals surface area contributed by atoms with Crippen LogP contribution in [-0.4, -0.2) is 25.0 Å². The highest BCUT2D eigenvalue weighted by atomic mass is 35.5. The third-order valence-electron chi connectivity index (χ3n) is 4.86. The van der Waals surface area contributed by atoms with E-state index in [1.165, 1.54) is 18.4 Å². The van der Waals surface area contributed by atoms with E-state index in [9.17, 15) is 9.59 Å². The van der Waals surface area contributed by atoms with E-state index in [2.05, 4.69) is 5.32 Å². The van der Waals surface area contributed by atoms with E-state index in [0.717, 1.165) is 41.7 Å². The van der Waals surface area contributed by atoms with E-state index in [1.54, 1.807) is 0 Å². The van der Waals surface area contributed by atoms with Gasteiger partial charge in [0.05, 0.1) is 17.9 Å². The summed E-state index contributed by atoms with van der Waals surface area (Å²) >= 11 is 7.40. The van der Waals surface area contributed by atoms with Crippen molar-refractivity contribution in [3.63, 3.8) is 0 Å². The zero-order valence-corrected chi connectivity index (χ0v) is 16.2. The summed E-state index contributed by atoms with van der Waals surface area (Å²) in [4.78, 5) is 25.1. The number of esters is 1. The predicted molar refractivity (Wildman–Crippen MR) is 104 cm³/mol. The molecule has 1 aromatic carbocycles. The second-order valence-corrected chi connectivity index (χ2v) is 7.98. The molecule has 2 aromatic rings. The Morgan fingerprint density at radius 2 is 1.85 bits per heavy atom. The third kappa shape index (κ3) is 4.65. The summed E-state index contributed by atoms with van der Waals surface area (Å²) in [6.45, 7) is 0. The molecule has 0 unspecified atom stereocenters. The molecule has 3 rings (SSSR count). The smallest absolute Gasteiger partial charge is 0.308 e. The fraction of sp³-hybridized carbons (Fsp3) is 0.400. The van der Waals surface area contributed by atoms with Gasteiger partial charge in [0, 0.05) is 11.1 Å². The number of hydrogen-bond acceptors (Lipinski definition) is 4. The van der Waals surface area contributed by atoms with Gasteiger partial charge in [-0.2, -0.15) is 0 Å². The Labute approximate surface area is 162 Å². The molecule has 1 fully saturated rings. The van der Waals surface area contributed by atoms with Crippen LogP contribution in [0.2, 0.25) is 5.02 Å². The number of rotatable bonds is 5. The Morgan fingerprint density at radius 1 is 1.15 bits per heavy atom. The molecule has 1 heterocycles. The summed E-state index contributed by atoms with van der Waals surface area (Å²) < 4.78 is 4.81. The molecule has 1 aromatic heterocycles. The number of halogens is 1. The number of ether oxygens (including phenoxy) is 1. The molecule has 0 aliphatic heterocycles. The largest absolute Gasteiger partial charge is 0.469 e. The minimum atomic E-state index is -0.140. The van der Waals surface area contributed by atoms with Crippen LogP contribution in [0.25, 0.3) is 0 Å². The molecule has 0 spiro atoms. The SMILES string of the molecule is COC(=O)C1CCC(NC(=O)c2sccc2Cc2ccc(Cl)cc2)CC1. The van der Waals surface area contributed by atoms with Crippen molar-refractivity contribution in [1.29, 1.82) is 0 Å². The van der Waals surface area contributed by atoms with Gasteiger partial charge in [0.15, 0.2) is 0 Å². The molecule has 138 valence electrons. The molecule has 0 atom stereocenters. The first-order chi connectivity index (χ1) is 12.6. The molecular weight excluding hydrogens is 370 g/mol. The average molecular weight is 392 g/mol. The standard InChI is InChI=1S/C20H22ClNO3S/c1-25-20(24)14-4-8-17(9-5-14)22-19(23)18-15(10-11-26-18)12-13-2-6-16(21)7-3-13/h2-3,6-7,10-11,14,17H,4-5,8-9,12H2,1H3,(H,22,23). The summed E-state index contributed by atoms with van der Waals surface area (Å²) in [5.41, 5.74) is 2.15. The number of thiophene rings is 1. The van der Waals surface area contributed by atoms with Crippen molar-refractivity contribution in [2.24, 2.45) is 5.92 Å². The molecule has 26 heavy (non-hydrogen) atoms. The van der Waals surface area contributed by atoms with Crippen molar-refractivity contribution in [3.8, 4) is 0 Å². The number of amides is 1. The highest BCUT2D eigenvalue weighted by Gasteiger charge is 2.28. The van der Waals surface area contributed by atoms with Gasteiger partial charge in [0.2, 0.25) is 0 Å². The Morgan fingerprint density at radius 3 is 2.50 bits per heavy atom. The second-order valence-electron chi connectivity index (χ2n) is 6.62. The normalized spacial score (nSPS) is 19.8. The maximum absolute atomic E-state index is 12.7. The lowest BCUT2D eigenvalue weighted by atomic mass is 9.86. The van der Waals surface area contributed by atoms with E-state index < -0.39 is 0 Å². The molecule has 0 saturated heterocycles. The van der Waals surface area contributed by atoms with Crippen LogP contribution in [-0.2, 0) is 16.0 Å². The first-order valence-corrected chi connectivity index (χ1v) is 10.0. The molecule has 4 nitrogen and oxygen atoms in total. The van der Waals surface area contributed by atoms with E-state index >= 15 is 0 Å². The van der Waals surface area contributed by atoms with Crippen LogP contribution in [0.4, 0.5) is 0 Å². The van der Waals surface area contributed by atoms with Gasteiger partial charge in [0.25, 0.3) is 5.91 Å². The zero-order valence-electron chi connectivity index (χ0n) is 14.7. The maximum Gasteiger partial charge on any atom is 0.308 e. The van der Waals surface area contributed by atoms with Crippen molar-refractivity contribution >= 4 is 34.8 Å². The Bertz CT molecular complexity index is 764. The van der Waals surface area contributed by atoms with Gasteiger partial charge in [-0.15, -0.1) is 11.3 Å². The molecule has 1 aliphatic rings. The van der Waals surface area contributed by atoms with Gasteiger partial charge in [-0.3, -0.25) is 9.59 Å². The second kappa shape index (κ2) is 8.69. The van der Waals surface area contributed by atoms with Crippen molar-refractivity contribution < 1.29 is 14.3 Å². The van der Waals surface area contributed by atoms with Gasteiger partial charge < -0.3 is 10.1 Å². The number of benzene rings is 1. The van der Waals surface area contributed by atoms with Crippen molar-refractivity contribution in [2.75, 3.05) is 7.11 Å². The first kappa shape index (κ1) is 18.9. The average Bonchev–Trinajstić information content (AvgIpc) is 3.12. The van der Waals surface area contributed by atoms with Crippen molar-refractivity contribution in [3.05, 3.63) is 56.7 Å². The number of methoxy groups -OCH3 is 1. The number of carbonyl (C=O) groups excluding carboxylic acids is 2. The van der Waals surface area contributed by atoms with Crippen LogP contribution < -0.4 is 5.32 Å². The minimum Gasteiger partial charge on any atom is -0.469 e. The lowest BCUT2D eigenvalue weighted by Crippen LogP contribution is -2.38. The number of nitrogens with one attached hydrogen (secondary N) is 1. The molecule has 1 saturated carbocycles. The molecular formula is C20H22ClNO3S. The van der Waals surface area contributed by atoms with E-state index in [4.69, 9.17) is 16.3 Å². The highest BCUT2D eigenvalue weighted by Crippen LogP contribution is 2.27. The Balaban J connectivity index is 1.58. The van der Waals surface area contributed by atoms with Crippen LogP contribution >= 0.6 is 22.9 Å². The Hall–Kier alpha value is -1.85. The van der Waals surface area contributed by atoms with Crippen LogP contribution in [0.1, 0.15) is 46.5 Å². The van der Waals surface area contributed by atoms with Crippen LogP contribution in [0.5, 0.6) is 0 Å². The van der Waals surface area contributed by atoms with Crippen molar-refractivity contribution in [1.82, 2.24) is 5.32 Å². The van der Waals surface area contributed by atoms with Gasteiger partial charge in [0.1, 0.15) is 0 Å². The lowest BCUT2D eigenvalue weighted by molar-refractivity contribution is -0.146. The minimum absolute atomic E-state index is 0.0227. The Kier molecular flexibility index (Phi) is 6.33. The van der Waals surface area contributed by atoms with Gasteiger partial charge in [-0.25, -0.2) is 0 Å². The van der Waals surface area contributed by atoms with Gasteiger partial charge >= 0.3 is 5.97 Å². The van der Waals surface area contributed by atoms with Gasteiger partial charge in [-0.05, 0) is 66.8 Å². The van der Waals surface area contributed by atoms with E-state index in [1.807, 2.05) is 35.7 Å². The van der Waals surface area contributed by atoms with E-state index in [-0.39, 0.29) is 23.8 Å². The lowest BCUT2D eigenvalue weighted by Gasteiger charge is -2.27. The summed E-state index contributed by atoms with van der Waals surface area (Å²) in [5.74, 6) is -0.195. The molecule has 1 N–H and O–H groups in total. The van der Waals surface area contributed by atoms with Crippen molar-refractivity contribution in [2.45, 2.75) is 38.1 Å². The first-order valence-electron chi connectivity index (χ1n) is 8.76. The molecule has 1 amide bonds. The van der Waals surface area contributed by atoms with Crippen LogP contribution in [0, 0.1) is 5.92 Å². The molecule has 6 heteroatoms. The summed E-state index contributed by atoms with van der Waals surface area (Å²) in [6, 6.07) is 9.81. The summed E-state index contributed by atoms with van der Waals surface area (Å²) in [5, 5.41) is 5.79. The van der Waals surface area contributed by atoms with Crippen LogP contribution in [0.3, 0.4) is 0 Å². The molecule has 1 aliphatic carbocycles. The summed E-state index contributed by atoms with van der Waals surface area (Å²) in [7, 11) is 1.43. The third-order valence-corrected chi connectivity index (χ3v) is 6.07. The monoisotopic (exact) mass is 391 g/mol. The zero-order chi connectivity index (χ0) is 18.5. The number of hydrogen-bond donors (Lipinski definition) is 1. The molecule has 0 radical (unpaired) electrons. The molecule has 0 bridgehead atoms. The highest BCUT2D eigenvalue weighted by molar-refractivity contribution is 7.12. The predicted octanol–water partition coefficient (Wildman–Crippen LogP) is 4.45. The number of carbonyl (C=O) groups is 2. The van der Waals surface area contributed by atoms with Crippen LogP contribution in [0.15, 0.2) is 35.7 Å². The van der Waals surface area contributed by atoms with Gasteiger partial charge in [-0.1, -0.05) is 23.7 Å². The maximum atomic E-state index is 12.7. The summed E-state index contributed by atoms with van der Waals surface area (Å²) in [6.07, 6.45) is 3.85. The fourth-order valence-electron chi connectivity index (χ4n) is 3.39.